The number of nitrogens with zero attached hydrogens (tertiary/aromatic N) is 1. The van der Waals surface area contributed by atoms with Gasteiger partial charge < -0.3 is 24.8 Å². The normalized spacial score (nSPS) is 16.1. The molecule has 1 aliphatic rings. The zero-order chi connectivity index (χ0) is 25.4. The van der Waals surface area contributed by atoms with Crippen molar-refractivity contribution in [3.63, 3.8) is 0 Å². The summed E-state index contributed by atoms with van der Waals surface area (Å²) in [6.45, 7) is -0.300. The van der Waals surface area contributed by atoms with Gasteiger partial charge in [0.25, 0.3) is 5.91 Å². The van der Waals surface area contributed by atoms with E-state index in [1.165, 1.54) is 31.4 Å². The molecule has 2 aromatic rings. The van der Waals surface area contributed by atoms with Crippen LogP contribution in [0.25, 0.3) is 0 Å². The Morgan fingerprint density at radius 1 is 1.06 bits per heavy atom. The molecule has 0 saturated carbocycles. The van der Waals surface area contributed by atoms with Crippen LogP contribution in [0.2, 0.25) is 0 Å². The molecule has 0 aliphatic carbocycles. The molecule has 0 unspecified atom stereocenters. The fourth-order valence-electron chi connectivity index (χ4n) is 3.45. The first-order valence-corrected chi connectivity index (χ1v) is 12.2. The van der Waals surface area contributed by atoms with Crippen molar-refractivity contribution in [3.8, 4) is 11.5 Å². The third-order valence-corrected chi connectivity index (χ3v) is 7.12. The summed E-state index contributed by atoms with van der Waals surface area (Å²) in [5.74, 6) is -0.934. The van der Waals surface area contributed by atoms with Crippen LogP contribution in [0.15, 0.2) is 47.4 Å². The van der Waals surface area contributed by atoms with Crippen molar-refractivity contribution in [1.29, 1.82) is 0 Å². The number of methoxy groups -OCH3 is 2. The number of amides is 2. The lowest BCUT2D eigenvalue weighted by molar-refractivity contribution is -0.121. The largest absolute Gasteiger partial charge is 0.497 e. The van der Waals surface area contributed by atoms with E-state index in [1.54, 1.807) is 18.2 Å². The van der Waals surface area contributed by atoms with Gasteiger partial charge in [-0.1, -0.05) is 12.1 Å². The number of benzene rings is 2. The molecule has 2 amide bonds. The van der Waals surface area contributed by atoms with Crippen molar-refractivity contribution in [2.45, 2.75) is 11.3 Å². The fourth-order valence-corrected chi connectivity index (χ4v) is 5.06. The van der Waals surface area contributed by atoms with Gasteiger partial charge in [-0.25, -0.2) is 13.2 Å². The van der Waals surface area contributed by atoms with Crippen molar-refractivity contribution >= 4 is 27.8 Å². The number of ether oxygens (including phenoxy) is 3. The van der Waals surface area contributed by atoms with E-state index in [9.17, 15) is 22.8 Å². The maximum atomic E-state index is 13.4. The van der Waals surface area contributed by atoms with Crippen molar-refractivity contribution < 1.29 is 37.0 Å². The number of carbonyl (C=O) groups excluding carboxylic acids is 3. The minimum Gasteiger partial charge on any atom is -0.497 e. The number of rotatable bonds is 4. The first-order chi connectivity index (χ1) is 16.8. The van der Waals surface area contributed by atoms with Crippen molar-refractivity contribution in [2.75, 3.05) is 47.0 Å². The molecule has 0 spiro atoms. The van der Waals surface area contributed by atoms with Crippen LogP contribution in [0.5, 0.6) is 11.5 Å². The molecule has 0 fully saturated rings. The first-order valence-electron chi connectivity index (χ1n) is 10.8. The summed E-state index contributed by atoms with van der Waals surface area (Å²) in [4.78, 5) is 37.1. The molecule has 188 valence electrons. The zero-order valence-corrected chi connectivity index (χ0v) is 20.2. The Balaban J connectivity index is 1.85. The minimum absolute atomic E-state index is 0.0388. The molecule has 0 radical (unpaired) electrons. The monoisotopic (exact) mass is 505 g/mol. The molecule has 2 aromatic carbocycles. The average molecular weight is 506 g/mol. The SMILES string of the molecule is COC(=O)c1ccccc1S(=O)(=O)N1CCCNC(=O)c2ccc(OC)cc2OCCNC(=O)C1. The van der Waals surface area contributed by atoms with E-state index in [4.69, 9.17) is 14.2 Å². The molecule has 12 heteroatoms. The van der Waals surface area contributed by atoms with Gasteiger partial charge in [0.05, 0.1) is 43.3 Å². The highest BCUT2D eigenvalue weighted by Gasteiger charge is 2.30. The Kier molecular flexibility index (Phi) is 8.66. The van der Waals surface area contributed by atoms with E-state index < -0.39 is 34.4 Å². The van der Waals surface area contributed by atoms with Crippen LogP contribution in [0, 0.1) is 0 Å². The predicted molar refractivity (Wildman–Crippen MR) is 125 cm³/mol. The van der Waals surface area contributed by atoms with Crippen LogP contribution >= 0.6 is 0 Å². The summed E-state index contributed by atoms with van der Waals surface area (Å²) >= 11 is 0. The lowest BCUT2D eigenvalue weighted by Crippen LogP contribution is -2.43. The Bertz CT molecular complexity index is 1200. The van der Waals surface area contributed by atoms with Gasteiger partial charge in [-0.05, 0) is 30.7 Å². The van der Waals surface area contributed by atoms with Crippen molar-refractivity contribution in [1.82, 2.24) is 14.9 Å². The van der Waals surface area contributed by atoms with E-state index in [0.29, 0.717) is 11.5 Å². The molecule has 1 heterocycles. The second-order valence-electron chi connectivity index (χ2n) is 7.50. The van der Waals surface area contributed by atoms with Gasteiger partial charge in [-0.15, -0.1) is 0 Å². The maximum absolute atomic E-state index is 13.4. The van der Waals surface area contributed by atoms with Gasteiger partial charge in [-0.3, -0.25) is 9.59 Å². The summed E-state index contributed by atoms with van der Waals surface area (Å²) in [7, 11) is -1.59. The second-order valence-corrected chi connectivity index (χ2v) is 9.40. The van der Waals surface area contributed by atoms with E-state index in [0.717, 1.165) is 11.4 Å². The number of fused-ring (bicyclic) bond motifs is 1. The lowest BCUT2D eigenvalue weighted by atomic mass is 10.1. The maximum Gasteiger partial charge on any atom is 0.339 e. The second kappa shape index (κ2) is 11.7. The zero-order valence-electron chi connectivity index (χ0n) is 19.4. The summed E-state index contributed by atoms with van der Waals surface area (Å²) in [6.07, 6.45) is 0.213. The van der Waals surface area contributed by atoms with E-state index in [-0.39, 0.29) is 48.7 Å². The summed E-state index contributed by atoms with van der Waals surface area (Å²) in [6, 6.07) is 10.4. The molecule has 3 rings (SSSR count). The van der Waals surface area contributed by atoms with Gasteiger partial charge in [-0.2, -0.15) is 4.31 Å². The lowest BCUT2D eigenvalue weighted by Gasteiger charge is -2.23. The number of esters is 1. The first kappa shape index (κ1) is 26.0. The standard InChI is InChI=1S/C23H27N3O8S/c1-32-16-8-9-17-19(14-16)34-13-11-24-21(27)15-26(12-5-10-25-22(17)28)35(30,31)20-7-4-3-6-18(20)23(29)33-2/h3-4,6-9,14H,5,10-13,15H2,1-2H3,(H,24,27)(H,25,28). The van der Waals surface area contributed by atoms with Crippen LogP contribution in [-0.4, -0.2) is 77.5 Å². The average Bonchev–Trinajstić information content (AvgIpc) is 2.87. The molecular weight excluding hydrogens is 478 g/mol. The Morgan fingerprint density at radius 2 is 1.83 bits per heavy atom. The van der Waals surface area contributed by atoms with Gasteiger partial charge in [0, 0.05) is 19.2 Å². The Morgan fingerprint density at radius 3 is 2.57 bits per heavy atom. The van der Waals surface area contributed by atoms with Crippen molar-refractivity contribution in [3.05, 3.63) is 53.6 Å². The van der Waals surface area contributed by atoms with E-state index in [2.05, 4.69) is 10.6 Å². The molecule has 2 N–H and O–H groups in total. The third kappa shape index (κ3) is 6.28. The summed E-state index contributed by atoms with van der Waals surface area (Å²) in [5.41, 5.74) is 0.147. The van der Waals surface area contributed by atoms with E-state index in [1.807, 2.05) is 0 Å². The van der Waals surface area contributed by atoms with E-state index >= 15 is 0 Å². The number of hydrogen-bond donors (Lipinski definition) is 2. The van der Waals surface area contributed by atoms with Crippen molar-refractivity contribution in [2.24, 2.45) is 0 Å². The molecule has 0 atom stereocenters. The molecular formula is C23H27N3O8S. The van der Waals surface area contributed by atoms with Crippen LogP contribution in [-0.2, 0) is 19.6 Å². The van der Waals surface area contributed by atoms with Gasteiger partial charge in [0.2, 0.25) is 15.9 Å². The highest BCUT2D eigenvalue weighted by atomic mass is 32.2. The molecule has 0 bridgehead atoms. The Labute approximate surface area is 203 Å². The van der Waals surface area contributed by atoms with Crippen LogP contribution in [0.1, 0.15) is 27.1 Å². The van der Waals surface area contributed by atoms with Gasteiger partial charge >= 0.3 is 5.97 Å². The molecule has 11 nitrogen and oxygen atoms in total. The predicted octanol–water partition coefficient (Wildman–Crippen LogP) is 0.801. The number of nitrogens with one attached hydrogen (secondary N) is 2. The topological polar surface area (TPSA) is 140 Å². The molecule has 35 heavy (non-hydrogen) atoms. The fraction of sp³-hybridized carbons (Fsp3) is 0.348. The molecule has 0 saturated heterocycles. The highest BCUT2D eigenvalue weighted by molar-refractivity contribution is 7.89. The van der Waals surface area contributed by atoms with Crippen LogP contribution in [0.4, 0.5) is 0 Å². The molecule has 1 aliphatic heterocycles. The summed E-state index contributed by atoms with van der Waals surface area (Å²) < 4.78 is 43.4. The smallest absolute Gasteiger partial charge is 0.339 e. The number of sulfonamides is 1. The number of carbonyl (C=O) groups is 3. The third-order valence-electron chi connectivity index (χ3n) is 5.22. The number of hydrogen-bond acceptors (Lipinski definition) is 8. The van der Waals surface area contributed by atoms with Crippen LogP contribution < -0.4 is 20.1 Å². The van der Waals surface area contributed by atoms with Gasteiger partial charge in [0.15, 0.2) is 0 Å². The quantitative estimate of drug-likeness (QED) is 0.582. The minimum atomic E-state index is -4.24. The Hall–Kier alpha value is -3.64. The van der Waals surface area contributed by atoms with Crippen LogP contribution in [0.3, 0.4) is 0 Å². The highest BCUT2D eigenvalue weighted by Crippen LogP contribution is 2.25. The van der Waals surface area contributed by atoms with Gasteiger partial charge in [0.1, 0.15) is 18.1 Å². The molecule has 0 aromatic heterocycles. The summed E-state index contributed by atoms with van der Waals surface area (Å²) in [5, 5.41) is 5.35.